The molecule has 33 nitrogen and oxygen atoms in total. The third-order valence-electron chi connectivity index (χ3n) is 14.4. The van der Waals surface area contributed by atoms with Crippen molar-refractivity contribution in [3.63, 3.8) is 0 Å². The second kappa shape index (κ2) is 26.5. The highest BCUT2D eigenvalue weighted by molar-refractivity contribution is 5.89. The molecule has 4 aliphatic rings. The molecule has 0 bridgehead atoms. The molecule has 0 saturated carbocycles. The number of aliphatic hydroxyl groups is 13. The normalized spacial score (nSPS) is 32.6. The summed E-state index contributed by atoms with van der Waals surface area (Å²) < 4.78 is 48.4. The van der Waals surface area contributed by atoms with E-state index >= 15 is 0 Å². The van der Waals surface area contributed by atoms with E-state index < -0.39 is 197 Å². The summed E-state index contributed by atoms with van der Waals surface area (Å²) in [6.07, 6.45) is -30.2. The summed E-state index contributed by atoms with van der Waals surface area (Å²) in [5, 5.41) is 216. The average molecular weight is 1240 g/mol. The zero-order valence-electron chi connectivity index (χ0n) is 45.1. The number of phenols is 8. The molecular formula is C54H62O33. The van der Waals surface area contributed by atoms with Crippen LogP contribution in [0.15, 0.2) is 79.1 Å². The van der Waals surface area contributed by atoms with Crippen LogP contribution in [0.2, 0.25) is 0 Å². The highest BCUT2D eigenvalue weighted by Gasteiger charge is 2.49. The topological polar surface area (TPSA) is 570 Å². The highest BCUT2D eigenvalue weighted by Crippen LogP contribution is 2.41. The Morgan fingerprint density at radius 2 is 0.793 bits per heavy atom. The molecule has 33 heteroatoms. The highest BCUT2D eigenvalue weighted by atomic mass is 16.7. The van der Waals surface area contributed by atoms with Crippen LogP contribution in [0.1, 0.15) is 13.8 Å². The number of aliphatic hydroxyl groups excluding tert-OH is 13. The summed E-state index contributed by atoms with van der Waals surface area (Å²) in [6.45, 7) is 1.91. The molecule has 4 saturated heterocycles. The van der Waals surface area contributed by atoms with Gasteiger partial charge in [0, 0.05) is 35.4 Å². The lowest BCUT2D eigenvalue weighted by Crippen LogP contribution is -2.61. The van der Waals surface area contributed by atoms with Gasteiger partial charge in [0.1, 0.15) is 130 Å². The van der Waals surface area contributed by atoms with Gasteiger partial charge < -0.3 is 154 Å². The summed E-state index contributed by atoms with van der Waals surface area (Å²) in [4.78, 5) is 25.7. The first-order valence-corrected chi connectivity index (χ1v) is 26.1. The van der Waals surface area contributed by atoms with Crippen LogP contribution in [0.4, 0.5) is 0 Å². The monoisotopic (exact) mass is 1240 g/mol. The van der Waals surface area contributed by atoms with Crippen molar-refractivity contribution in [1.82, 2.24) is 0 Å². The Morgan fingerprint density at radius 1 is 0.391 bits per heavy atom. The first kappa shape index (κ1) is 65.5. The number of aromatic hydroxyl groups is 9. The first-order valence-electron chi connectivity index (χ1n) is 26.1. The molecule has 0 aliphatic carbocycles. The Hall–Kier alpha value is -7.46. The van der Waals surface area contributed by atoms with Gasteiger partial charge in [-0.1, -0.05) is 0 Å². The molecule has 2 aromatic heterocycles. The molecule has 4 aromatic carbocycles. The molecule has 0 spiro atoms. The fraction of sp³-hybridized carbons (Fsp3) is 0.444. The first-order chi connectivity index (χ1) is 40.9. The molecule has 0 radical (unpaired) electrons. The number of ether oxygens (including phenoxy) is 7. The van der Waals surface area contributed by atoms with Crippen molar-refractivity contribution in [1.29, 1.82) is 0 Å². The predicted octanol–water partition coefficient (Wildman–Crippen LogP) is -4.07. The fourth-order valence-corrected chi connectivity index (χ4v) is 9.38. The fourth-order valence-electron chi connectivity index (χ4n) is 9.38. The predicted molar refractivity (Wildman–Crippen MR) is 284 cm³/mol. The smallest absolute Gasteiger partial charge is 0.239 e. The lowest BCUT2D eigenvalue weighted by Gasteiger charge is -2.42. The molecule has 6 aromatic rings. The minimum atomic E-state index is -1.97. The zero-order chi connectivity index (χ0) is 63.9. The summed E-state index contributed by atoms with van der Waals surface area (Å²) in [7, 11) is 0. The van der Waals surface area contributed by atoms with Crippen LogP contribution in [-0.4, -0.2) is 248 Å². The molecule has 6 heterocycles. The standard InChI is InChI=1S/C27H30O16.C15H10O7.C12H22O10/c1-8-17(32)20(35)22(37)26(40-8)39-7-15-18(33)21(36)23(38)27(42-15)43-25-19(34)16-13(31)5-10(28)6-14(16)41-24(25)9-2-3-11(29)12(30)4-9;16-7-4-10(19)12-11(5-7)22-15(14(21)13(12)20)6-1-2-8(17)9(18)3-6;1-3-5(13)7(15)10(18)12(21-3)20-2-4-6(14)8(16)9(17)11(19)22-4/h2-6,8,15,17-18,20-23,26-33,35-38H,7H2,1H3;1-5,16-19,21H;3-19H,2H2,1H3/t8-,15+,17-,18+,20+,21-,22+,23+,26+,27-;;3-,4+,5-,6+,7+,8-,9+,10+,11+,12+/m0.0/s1. The second-order valence-corrected chi connectivity index (χ2v) is 20.5. The van der Waals surface area contributed by atoms with Gasteiger partial charge in [-0.3, -0.25) is 9.59 Å². The van der Waals surface area contributed by atoms with Crippen molar-refractivity contribution < 1.29 is 154 Å². The summed E-state index contributed by atoms with van der Waals surface area (Å²) in [5.41, 5.74) is -2.24. The van der Waals surface area contributed by atoms with E-state index in [1.54, 1.807) is 0 Å². The lowest BCUT2D eigenvalue weighted by molar-refractivity contribution is -0.322. The molecule has 4 aliphatic heterocycles. The molecular weight excluding hydrogens is 1180 g/mol. The third kappa shape index (κ3) is 13.5. The Morgan fingerprint density at radius 3 is 1.26 bits per heavy atom. The van der Waals surface area contributed by atoms with E-state index in [1.165, 1.54) is 26.0 Å². The van der Waals surface area contributed by atoms with E-state index in [2.05, 4.69) is 0 Å². The molecule has 22 N–H and O–H groups in total. The Kier molecular flexibility index (Phi) is 19.9. The molecule has 87 heavy (non-hydrogen) atoms. The number of phenolic OH excluding ortho intramolecular Hbond substituents is 8. The summed E-state index contributed by atoms with van der Waals surface area (Å²) in [6, 6.07) is 10.9. The Balaban J connectivity index is 0.000000187. The number of hydrogen-bond acceptors (Lipinski definition) is 33. The number of fused-ring (bicyclic) bond motifs is 2. The quantitative estimate of drug-likeness (QED) is 0.0580. The van der Waals surface area contributed by atoms with Gasteiger partial charge in [0.15, 0.2) is 53.4 Å². The van der Waals surface area contributed by atoms with Gasteiger partial charge in [0.2, 0.25) is 28.6 Å². The maximum absolute atomic E-state index is 13.6. The van der Waals surface area contributed by atoms with Crippen LogP contribution in [0.25, 0.3) is 44.6 Å². The third-order valence-corrected chi connectivity index (χ3v) is 14.4. The van der Waals surface area contributed by atoms with Crippen LogP contribution < -0.4 is 15.6 Å². The molecule has 4 fully saturated rings. The molecule has 20 atom stereocenters. The maximum atomic E-state index is 13.6. The van der Waals surface area contributed by atoms with Crippen LogP contribution >= 0.6 is 0 Å². The SMILES string of the molecule is C[C@@H]1O[C@@H](OC[C@H]2O[C@@H](O)[C@H](O)[C@@H](O)[C@@H]2O)[C@H](O)[C@H](O)[C@H]1O.C[C@@H]1O[C@@H](OC[C@H]2O[C@@H](Oc3c(-c4ccc(O)c(O)c4)oc4cc(O)cc(O)c4c3=O)[C@H](O)[C@@H](O)[C@@H]2O)[C@H](O)[C@H](O)[C@H]1O.O=c1c(O)c(-c2ccc(O)c(O)c2)oc2cc(O)cc(O)c12. The van der Waals surface area contributed by atoms with Crippen LogP contribution in [-0.2, 0) is 28.4 Å². The van der Waals surface area contributed by atoms with E-state index in [0.717, 1.165) is 48.5 Å². The minimum Gasteiger partial charge on any atom is -0.508 e. The lowest BCUT2D eigenvalue weighted by atomic mass is 9.98. The van der Waals surface area contributed by atoms with Crippen LogP contribution in [0.3, 0.4) is 0 Å². The van der Waals surface area contributed by atoms with Gasteiger partial charge in [0.05, 0.1) is 25.4 Å². The largest absolute Gasteiger partial charge is 0.508 e. The van der Waals surface area contributed by atoms with E-state index in [1.807, 2.05) is 0 Å². The molecule has 0 amide bonds. The van der Waals surface area contributed by atoms with Crippen LogP contribution in [0.5, 0.6) is 57.5 Å². The van der Waals surface area contributed by atoms with Gasteiger partial charge in [-0.15, -0.1) is 0 Å². The van der Waals surface area contributed by atoms with Gasteiger partial charge >= 0.3 is 0 Å². The zero-order valence-corrected chi connectivity index (χ0v) is 45.1. The molecule has 476 valence electrons. The minimum absolute atomic E-state index is 0.0313. The summed E-state index contributed by atoms with van der Waals surface area (Å²) >= 11 is 0. The number of hydrogen-bond donors (Lipinski definition) is 22. The van der Waals surface area contributed by atoms with Crippen molar-refractivity contribution in [2.45, 2.75) is 137 Å². The van der Waals surface area contributed by atoms with E-state index in [4.69, 9.17) is 42.0 Å². The van der Waals surface area contributed by atoms with Crippen molar-refractivity contribution in [3.05, 3.63) is 81.1 Å². The van der Waals surface area contributed by atoms with Gasteiger partial charge in [-0.05, 0) is 50.2 Å². The molecule has 0 unspecified atom stereocenters. The molecule has 10 rings (SSSR count). The number of rotatable bonds is 10. The second-order valence-electron chi connectivity index (χ2n) is 20.5. The van der Waals surface area contributed by atoms with Crippen molar-refractivity contribution in [2.24, 2.45) is 0 Å². The van der Waals surface area contributed by atoms with Crippen molar-refractivity contribution in [2.75, 3.05) is 13.2 Å². The van der Waals surface area contributed by atoms with Gasteiger partial charge in [0.25, 0.3) is 0 Å². The van der Waals surface area contributed by atoms with Crippen LogP contribution in [0, 0.1) is 0 Å². The average Bonchev–Trinajstić information content (AvgIpc) is 2.80. The Labute approximate surface area is 486 Å². The maximum Gasteiger partial charge on any atom is 0.239 e. The van der Waals surface area contributed by atoms with E-state index in [9.17, 15) is 122 Å². The Bertz CT molecular complexity index is 3490. The number of benzene rings is 4. The van der Waals surface area contributed by atoms with Gasteiger partial charge in [-0.2, -0.15) is 0 Å². The summed E-state index contributed by atoms with van der Waals surface area (Å²) in [5.74, 6) is -6.05. The van der Waals surface area contributed by atoms with Crippen molar-refractivity contribution >= 4 is 21.9 Å². The van der Waals surface area contributed by atoms with E-state index in [0.29, 0.717) is 0 Å². The van der Waals surface area contributed by atoms with Crippen molar-refractivity contribution in [3.8, 4) is 80.1 Å². The van der Waals surface area contributed by atoms with E-state index in [-0.39, 0.29) is 51.5 Å². The van der Waals surface area contributed by atoms with Gasteiger partial charge in [-0.25, -0.2) is 0 Å².